The first kappa shape index (κ1) is 18.7. The van der Waals surface area contributed by atoms with Crippen molar-refractivity contribution in [2.24, 2.45) is 5.41 Å². The molecule has 0 unspecified atom stereocenters. The molecule has 2 saturated heterocycles. The van der Waals surface area contributed by atoms with Crippen molar-refractivity contribution in [3.05, 3.63) is 71.3 Å². The highest BCUT2D eigenvalue weighted by Crippen LogP contribution is 2.45. The molecule has 28 heavy (non-hydrogen) atoms. The number of nitrogens with zero attached hydrogens (tertiary/aromatic N) is 2. The lowest BCUT2D eigenvalue weighted by atomic mass is 9.67. The Balaban J connectivity index is 1.49. The number of hydrogen-bond acceptors (Lipinski definition) is 2. The number of hydrogen-bond donors (Lipinski definition) is 0. The lowest BCUT2D eigenvalue weighted by Crippen LogP contribution is -2.53. The fourth-order valence-electron chi connectivity index (χ4n) is 4.91. The van der Waals surface area contributed by atoms with E-state index in [0.717, 1.165) is 55.6 Å². The summed E-state index contributed by atoms with van der Waals surface area (Å²) in [5.74, 6) is 0.279. The standard InChI is InChI=1S/C24H28N2O2/c1-18-8-6-7-11-20(18)23(28)26-14-12-24(13-15-26)16-21(22(27)25(2)17-24)19-9-4-3-5-10-19/h3-11,21H,12-17H2,1-2H3/t21-/m0/s1. The summed E-state index contributed by atoms with van der Waals surface area (Å²) in [5, 5.41) is 0. The van der Waals surface area contributed by atoms with E-state index in [1.165, 1.54) is 0 Å². The van der Waals surface area contributed by atoms with Crippen LogP contribution in [0.15, 0.2) is 54.6 Å². The van der Waals surface area contributed by atoms with E-state index in [9.17, 15) is 9.59 Å². The van der Waals surface area contributed by atoms with Crippen LogP contribution in [-0.4, -0.2) is 48.3 Å². The molecule has 4 rings (SSSR count). The van der Waals surface area contributed by atoms with Crippen LogP contribution in [0, 0.1) is 12.3 Å². The van der Waals surface area contributed by atoms with Crippen LogP contribution in [0.5, 0.6) is 0 Å². The minimum absolute atomic E-state index is 0.0708. The fourth-order valence-corrected chi connectivity index (χ4v) is 4.91. The van der Waals surface area contributed by atoms with Crippen LogP contribution in [0.4, 0.5) is 0 Å². The Morgan fingerprint density at radius 1 is 1.00 bits per heavy atom. The number of piperidine rings is 2. The minimum Gasteiger partial charge on any atom is -0.345 e. The summed E-state index contributed by atoms with van der Waals surface area (Å²) in [4.78, 5) is 29.7. The van der Waals surface area contributed by atoms with Crippen molar-refractivity contribution in [2.75, 3.05) is 26.7 Å². The molecule has 2 aliphatic heterocycles. The van der Waals surface area contributed by atoms with Gasteiger partial charge in [0.15, 0.2) is 0 Å². The van der Waals surface area contributed by atoms with Gasteiger partial charge in [0.25, 0.3) is 5.91 Å². The molecule has 2 aliphatic rings. The lowest BCUT2D eigenvalue weighted by molar-refractivity contribution is -0.139. The molecule has 2 aromatic carbocycles. The quantitative estimate of drug-likeness (QED) is 0.798. The molecule has 0 saturated carbocycles. The zero-order valence-electron chi connectivity index (χ0n) is 16.7. The summed E-state index contributed by atoms with van der Waals surface area (Å²) >= 11 is 0. The summed E-state index contributed by atoms with van der Waals surface area (Å²) in [6.07, 6.45) is 2.78. The van der Waals surface area contributed by atoms with Gasteiger partial charge in [0, 0.05) is 32.2 Å². The summed E-state index contributed by atoms with van der Waals surface area (Å²) in [6, 6.07) is 17.9. The van der Waals surface area contributed by atoms with Crippen LogP contribution >= 0.6 is 0 Å². The maximum absolute atomic E-state index is 13.0. The average molecular weight is 377 g/mol. The third-order valence-corrected chi connectivity index (χ3v) is 6.57. The Hall–Kier alpha value is -2.62. The maximum Gasteiger partial charge on any atom is 0.254 e. The van der Waals surface area contributed by atoms with Crippen molar-refractivity contribution < 1.29 is 9.59 Å². The topological polar surface area (TPSA) is 40.6 Å². The summed E-state index contributed by atoms with van der Waals surface area (Å²) in [7, 11) is 1.92. The van der Waals surface area contributed by atoms with E-state index in [-0.39, 0.29) is 23.1 Å². The first-order valence-electron chi connectivity index (χ1n) is 10.1. The molecule has 1 spiro atoms. The van der Waals surface area contributed by atoms with E-state index in [1.807, 2.05) is 66.2 Å². The van der Waals surface area contributed by atoms with Gasteiger partial charge in [-0.2, -0.15) is 0 Å². The third-order valence-electron chi connectivity index (χ3n) is 6.57. The van der Waals surface area contributed by atoms with Gasteiger partial charge in [-0.15, -0.1) is 0 Å². The van der Waals surface area contributed by atoms with Crippen molar-refractivity contribution in [3.63, 3.8) is 0 Å². The van der Waals surface area contributed by atoms with Gasteiger partial charge in [-0.05, 0) is 48.8 Å². The van der Waals surface area contributed by atoms with Gasteiger partial charge in [0.05, 0.1) is 5.92 Å². The molecule has 2 heterocycles. The Labute approximate surface area is 167 Å². The first-order valence-corrected chi connectivity index (χ1v) is 10.1. The van der Waals surface area contributed by atoms with E-state index < -0.39 is 0 Å². The predicted octanol–water partition coefficient (Wildman–Crippen LogP) is 3.86. The zero-order valence-corrected chi connectivity index (χ0v) is 16.7. The van der Waals surface area contributed by atoms with Crippen LogP contribution in [0.2, 0.25) is 0 Å². The number of aryl methyl sites for hydroxylation is 1. The molecule has 1 atom stereocenters. The van der Waals surface area contributed by atoms with E-state index in [1.54, 1.807) is 0 Å². The van der Waals surface area contributed by atoms with E-state index in [4.69, 9.17) is 0 Å². The van der Waals surface area contributed by atoms with Crippen molar-refractivity contribution in [3.8, 4) is 0 Å². The van der Waals surface area contributed by atoms with E-state index in [0.29, 0.717) is 0 Å². The highest BCUT2D eigenvalue weighted by molar-refractivity contribution is 5.95. The number of rotatable bonds is 2. The van der Waals surface area contributed by atoms with Gasteiger partial charge >= 0.3 is 0 Å². The molecule has 4 heteroatoms. The Bertz CT molecular complexity index is 869. The van der Waals surface area contributed by atoms with Crippen molar-refractivity contribution in [1.82, 2.24) is 9.80 Å². The smallest absolute Gasteiger partial charge is 0.254 e. The fraction of sp³-hybridized carbons (Fsp3) is 0.417. The molecule has 2 fully saturated rings. The van der Waals surface area contributed by atoms with Crippen LogP contribution in [0.25, 0.3) is 0 Å². The minimum atomic E-state index is -0.0708. The second kappa shape index (κ2) is 7.42. The highest BCUT2D eigenvalue weighted by atomic mass is 16.2. The monoisotopic (exact) mass is 376 g/mol. The molecule has 0 aromatic heterocycles. The van der Waals surface area contributed by atoms with Crippen LogP contribution in [0.1, 0.15) is 46.7 Å². The van der Waals surface area contributed by atoms with Crippen LogP contribution in [0.3, 0.4) is 0 Å². The molecule has 2 aromatic rings. The van der Waals surface area contributed by atoms with Gasteiger partial charge in [0.1, 0.15) is 0 Å². The Morgan fingerprint density at radius 3 is 2.32 bits per heavy atom. The average Bonchev–Trinajstić information content (AvgIpc) is 2.72. The summed E-state index contributed by atoms with van der Waals surface area (Å²) in [6.45, 7) is 4.31. The highest BCUT2D eigenvalue weighted by Gasteiger charge is 2.45. The van der Waals surface area contributed by atoms with E-state index in [2.05, 4.69) is 12.1 Å². The van der Waals surface area contributed by atoms with Gasteiger partial charge in [-0.1, -0.05) is 48.5 Å². The lowest BCUT2D eigenvalue weighted by Gasteiger charge is -2.49. The number of carbonyl (C=O) groups is 2. The third kappa shape index (κ3) is 3.44. The molecule has 146 valence electrons. The number of amides is 2. The molecule has 0 bridgehead atoms. The van der Waals surface area contributed by atoms with Gasteiger partial charge in [0.2, 0.25) is 5.91 Å². The zero-order chi connectivity index (χ0) is 19.7. The maximum atomic E-state index is 13.0. The predicted molar refractivity (Wildman–Crippen MR) is 110 cm³/mol. The van der Waals surface area contributed by atoms with Crippen molar-refractivity contribution >= 4 is 11.8 Å². The molecular weight excluding hydrogens is 348 g/mol. The summed E-state index contributed by atoms with van der Waals surface area (Å²) in [5.41, 5.74) is 3.04. The van der Waals surface area contributed by atoms with Crippen LogP contribution in [-0.2, 0) is 4.79 Å². The van der Waals surface area contributed by atoms with E-state index >= 15 is 0 Å². The van der Waals surface area contributed by atoms with Gasteiger partial charge in [-0.3, -0.25) is 9.59 Å². The second-order valence-corrected chi connectivity index (χ2v) is 8.47. The second-order valence-electron chi connectivity index (χ2n) is 8.47. The normalized spacial score (nSPS) is 21.8. The number of likely N-dealkylation sites (tertiary alicyclic amines) is 2. The van der Waals surface area contributed by atoms with Gasteiger partial charge in [-0.25, -0.2) is 0 Å². The molecular formula is C24H28N2O2. The van der Waals surface area contributed by atoms with Crippen LogP contribution < -0.4 is 0 Å². The number of carbonyl (C=O) groups excluding carboxylic acids is 2. The van der Waals surface area contributed by atoms with Gasteiger partial charge < -0.3 is 9.80 Å². The molecule has 0 radical (unpaired) electrons. The number of benzene rings is 2. The first-order chi connectivity index (χ1) is 13.5. The number of likely N-dealkylation sites (N-methyl/N-ethyl adjacent to an activating group) is 1. The molecule has 2 amide bonds. The Morgan fingerprint density at radius 2 is 1.64 bits per heavy atom. The van der Waals surface area contributed by atoms with Crippen molar-refractivity contribution in [2.45, 2.75) is 32.1 Å². The SMILES string of the molecule is Cc1ccccc1C(=O)N1CCC2(CC1)C[C@@H](c1ccccc1)C(=O)N(C)C2. The molecule has 4 nitrogen and oxygen atoms in total. The molecule has 0 aliphatic carbocycles. The Kier molecular flexibility index (Phi) is 4.96. The molecule has 0 N–H and O–H groups in total. The largest absolute Gasteiger partial charge is 0.345 e. The van der Waals surface area contributed by atoms with Crippen molar-refractivity contribution in [1.29, 1.82) is 0 Å². The summed E-state index contributed by atoms with van der Waals surface area (Å²) < 4.78 is 0.